The number of nitrogens with zero attached hydrogens (tertiary/aromatic N) is 2. The van der Waals surface area contributed by atoms with E-state index in [0.29, 0.717) is 4.99 Å². The van der Waals surface area contributed by atoms with Crippen LogP contribution in [0.2, 0.25) is 0 Å². The maximum Gasteiger partial charge on any atom is 0.244 e. The Labute approximate surface area is 108 Å². The predicted molar refractivity (Wildman–Crippen MR) is 72.4 cm³/mol. The van der Waals surface area contributed by atoms with Crippen molar-refractivity contribution >= 4 is 23.1 Å². The molecule has 0 bridgehead atoms. The third-order valence-electron chi connectivity index (χ3n) is 3.01. The van der Waals surface area contributed by atoms with Crippen LogP contribution in [0.4, 0.5) is 0 Å². The Morgan fingerprint density at radius 1 is 1.41 bits per heavy atom. The van der Waals surface area contributed by atoms with Crippen LogP contribution in [-0.4, -0.2) is 54.0 Å². The number of thiocarbonyl (C=S) groups is 1. The first kappa shape index (κ1) is 14.3. The summed E-state index contributed by atoms with van der Waals surface area (Å²) in [6.45, 7) is 5.64. The van der Waals surface area contributed by atoms with Gasteiger partial charge in [0.25, 0.3) is 0 Å². The van der Waals surface area contributed by atoms with Crippen molar-refractivity contribution in [2.45, 2.75) is 19.8 Å². The van der Waals surface area contributed by atoms with Crippen molar-refractivity contribution in [1.82, 2.24) is 15.3 Å². The van der Waals surface area contributed by atoms with Crippen molar-refractivity contribution in [3.05, 3.63) is 0 Å². The summed E-state index contributed by atoms with van der Waals surface area (Å²) in [7, 11) is 2.08. The van der Waals surface area contributed by atoms with Gasteiger partial charge in [-0.3, -0.25) is 10.2 Å². The molecule has 0 aliphatic carbocycles. The van der Waals surface area contributed by atoms with Crippen molar-refractivity contribution in [3.63, 3.8) is 0 Å². The van der Waals surface area contributed by atoms with Gasteiger partial charge in [0.2, 0.25) is 5.91 Å². The van der Waals surface area contributed by atoms with Crippen LogP contribution in [0.3, 0.4) is 0 Å². The molecule has 0 radical (unpaired) electrons. The molecule has 0 aromatic rings. The molecule has 98 valence electrons. The Morgan fingerprint density at radius 3 is 2.47 bits per heavy atom. The molecule has 6 heteroatoms. The molecule has 0 saturated carbocycles. The first-order valence-corrected chi connectivity index (χ1v) is 6.48. The summed E-state index contributed by atoms with van der Waals surface area (Å²) in [6.07, 6.45) is 1.62. The second-order valence-electron chi connectivity index (χ2n) is 4.51. The summed E-state index contributed by atoms with van der Waals surface area (Å²) in [6, 6.07) is 0. The largest absolute Gasteiger partial charge is 0.393 e. The number of nitrogens with one attached hydrogen (secondary N) is 1. The van der Waals surface area contributed by atoms with Crippen molar-refractivity contribution in [3.8, 4) is 0 Å². The molecule has 1 amide bonds. The lowest BCUT2D eigenvalue weighted by atomic mass is 10.0. The van der Waals surface area contributed by atoms with E-state index >= 15 is 0 Å². The molecular formula is C11H22N4OS. The molecule has 0 aromatic carbocycles. The number of nitrogens with two attached hydrogens (primary N) is 1. The fourth-order valence-electron chi connectivity index (χ4n) is 1.84. The SMILES string of the molecule is CCCC(C(=O)NN1CCN(C)CC1)C(N)=S. The normalized spacial score (nSPS) is 19.9. The summed E-state index contributed by atoms with van der Waals surface area (Å²) in [5, 5.41) is 1.95. The molecule has 17 heavy (non-hydrogen) atoms. The van der Waals surface area contributed by atoms with Gasteiger partial charge in [0.05, 0.1) is 10.9 Å². The van der Waals surface area contributed by atoms with E-state index in [-0.39, 0.29) is 11.8 Å². The second-order valence-corrected chi connectivity index (χ2v) is 4.98. The number of amides is 1. The minimum Gasteiger partial charge on any atom is -0.393 e. The number of hydrogen-bond donors (Lipinski definition) is 2. The quantitative estimate of drug-likeness (QED) is 0.678. The fourth-order valence-corrected chi connectivity index (χ4v) is 2.07. The molecule has 1 aliphatic rings. The molecule has 0 aromatic heterocycles. The molecule has 1 saturated heterocycles. The number of likely N-dealkylation sites (N-methyl/N-ethyl adjacent to an activating group) is 1. The molecule has 1 aliphatic heterocycles. The van der Waals surface area contributed by atoms with Crippen LogP contribution in [-0.2, 0) is 4.79 Å². The zero-order valence-corrected chi connectivity index (χ0v) is 11.4. The Balaban J connectivity index is 2.43. The summed E-state index contributed by atoms with van der Waals surface area (Å²) in [4.78, 5) is 14.5. The first-order valence-electron chi connectivity index (χ1n) is 6.08. The van der Waals surface area contributed by atoms with E-state index in [1.54, 1.807) is 0 Å². The van der Waals surface area contributed by atoms with Crippen molar-refractivity contribution < 1.29 is 4.79 Å². The number of rotatable bonds is 5. The molecule has 1 heterocycles. The van der Waals surface area contributed by atoms with Crippen LogP contribution < -0.4 is 11.2 Å². The molecule has 1 unspecified atom stereocenters. The highest BCUT2D eigenvalue weighted by Crippen LogP contribution is 2.08. The van der Waals surface area contributed by atoms with E-state index in [1.165, 1.54) is 0 Å². The van der Waals surface area contributed by atoms with Crippen LogP contribution in [0.1, 0.15) is 19.8 Å². The van der Waals surface area contributed by atoms with E-state index in [1.807, 2.05) is 11.9 Å². The smallest absolute Gasteiger partial charge is 0.244 e. The highest BCUT2D eigenvalue weighted by atomic mass is 32.1. The number of carbonyl (C=O) groups excluding carboxylic acids is 1. The third kappa shape index (κ3) is 4.57. The minimum atomic E-state index is -0.338. The van der Waals surface area contributed by atoms with E-state index < -0.39 is 0 Å². The summed E-state index contributed by atoms with van der Waals surface area (Å²) < 4.78 is 0. The van der Waals surface area contributed by atoms with Crippen LogP contribution >= 0.6 is 12.2 Å². The Kier molecular flexibility index (Phi) is 5.80. The summed E-state index contributed by atoms with van der Waals surface area (Å²) in [5.41, 5.74) is 8.50. The second kappa shape index (κ2) is 6.88. The van der Waals surface area contributed by atoms with Gasteiger partial charge >= 0.3 is 0 Å². The molecular weight excluding hydrogens is 236 g/mol. The molecule has 1 atom stereocenters. The van der Waals surface area contributed by atoms with Gasteiger partial charge in [0.1, 0.15) is 0 Å². The molecule has 1 rings (SSSR count). The van der Waals surface area contributed by atoms with Crippen LogP contribution in [0, 0.1) is 5.92 Å². The monoisotopic (exact) mass is 258 g/mol. The van der Waals surface area contributed by atoms with Gasteiger partial charge in [-0.25, -0.2) is 5.01 Å². The number of piperazine rings is 1. The lowest BCUT2D eigenvalue weighted by Crippen LogP contribution is -2.54. The van der Waals surface area contributed by atoms with Gasteiger partial charge < -0.3 is 10.6 Å². The van der Waals surface area contributed by atoms with Crippen molar-refractivity contribution in [2.24, 2.45) is 11.7 Å². The van der Waals surface area contributed by atoms with Gasteiger partial charge in [-0.2, -0.15) is 0 Å². The van der Waals surface area contributed by atoms with Gasteiger partial charge in [0, 0.05) is 26.2 Å². The van der Waals surface area contributed by atoms with Crippen molar-refractivity contribution in [2.75, 3.05) is 33.2 Å². The van der Waals surface area contributed by atoms with Crippen molar-refractivity contribution in [1.29, 1.82) is 0 Å². The van der Waals surface area contributed by atoms with E-state index in [0.717, 1.165) is 39.0 Å². The molecule has 1 fully saturated rings. The first-order chi connectivity index (χ1) is 8.04. The maximum atomic E-state index is 12.0. The van der Waals surface area contributed by atoms with Gasteiger partial charge in [0.15, 0.2) is 0 Å². The maximum absolute atomic E-state index is 12.0. The Morgan fingerprint density at radius 2 is 2.00 bits per heavy atom. The highest BCUT2D eigenvalue weighted by Gasteiger charge is 2.23. The van der Waals surface area contributed by atoms with E-state index in [2.05, 4.69) is 17.4 Å². The molecule has 3 N–H and O–H groups in total. The van der Waals surface area contributed by atoms with Crippen LogP contribution in [0.5, 0.6) is 0 Å². The summed E-state index contributed by atoms with van der Waals surface area (Å²) >= 11 is 4.94. The number of hydrogen-bond acceptors (Lipinski definition) is 4. The van der Waals surface area contributed by atoms with Gasteiger partial charge in [-0.15, -0.1) is 0 Å². The average Bonchev–Trinajstić information content (AvgIpc) is 2.28. The molecule has 0 spiro atoms. The topological polar surface area (TPSA) is 61.6 Å². The van der Waals surface area contributed by atoms with E-state index in [9.17, 15) is 4.79 Å². The minimum absolute atomic E-state index is 0.0658. The number of hydrazine groups is 1. The van der Waals surface area contributed by atoms with Gasteiger partial charge in [-0.05, 0) is 13.5 Å². The molecule has 5 nitrogen and oxygen atoms in total. The van der Waals surface area contributed by atoms with Crippen LogP contribution in [0.15, 0.2) is 0 Å². The fraction of sp³-hybridized carbons (Fsp3) is 0.818. The average molecular weight is 258 g/mol. The van der Waals surface area contributed by atoms with E-state index in [4.69, 9.17) is 18.0 Å². The third-order valence-corrected chi connectivity index (χ3v) is 3.29. The lowest BCUT2D eigenvalue weighted by molar-refractivity contribution is -0.128. The standard InChI is InChI=1S/C11H22N4OS/c1-3-4-9(10(12)17)11(16)13-15-7-5-14(2)6-8-15/h9H,3-8H2,1-2H3,(H2,12,17)(H,13,16). The zero-order valence-electron chi connectivity index (χ0n) is 10.6. The Hall–Kier alpha value is -0.720. The predicted octanol–water partition coefficient (Wildman–Crippen LogP) is -0.0326. The summed E-state index contributed by atoms with van der Waals surface area (Å²) in [5.74, 6) is -0.404. The lowest BCUT2D eigenvalue weighted by Gasteiger charge is -2.33. The zero-order chi connectivity index (χ0) is 12.8. The Bertz CT molecular complexity index is 277. The van der Waals surface area contributed by atoms with Crippen LogP contribution in [0.25, 0.3) is 0 Å². The highest BCUT2D eigenvalue weighted by molar-refractivity contribution is 7.80. The van der Waals surface area contributed by atoms with Gasteiger partial charge in [-0.1, -0.05) is 25.6 Å². The number of carbonyl (C=O) groups is 1.